The average molecular weight is 465 g/mol. The maximum atomic E-state index is 12.3. The van der Waals surface area contributed by atoms with Gasteiger partial charge in [0, 0.05) is 24.3 Å². The van der Waals surface area contributed by atoms with Crippen molar-refractivity contribution in [1.29, 1.82) is 5.26 Å². The van der Waals surface area contributed by atoms with Crippen LogP contribution >= 0.6 is 0 Å². The fourth-order valence-corrected chi connectivity index (χ4v) is 2.86. The van der Waals surface area contributed by atoms with Crippen molar-refractivity contribution in [2.45, 2.75) is 46.6 Å². The third-order valence-electron chi connectivity index (χ3n) is 4.33. The second-order valence-electron chi connectivity index (χ2n) is 9.73. The number of rotatable bonds is 8. The normalized spacial score (nSPS) is 11.6. The van der Waals surface area contributed by atoms with Crippen LogP contribution in [0.4, 0.5) is 27.5 Å². The average Bonchev–Trinajstić information content (AvgIpc) is 2.71. The van der Waals surface area contributed by atoms with Crippen LogP contribution in [-0.2, 0) is 4.79 Å². The summed E-state index contributed by atoms with van der Waals surface area (Å²) in [5, 5.41) is 30.1. The number of aliphatic imine (C=N–C) groups is 1. The first kappa shape index (κ1) is 26.4. The first-order valence-corrected chi connectivity index (χ1v) is 10.8. The molecule has 0 aliphatic rings. The molecule has 0 aliphatic carbocycles. The van der Waals surface area contributed by atoms with E-state index in [0.29, 0.717) is 34.7 Å². The Labute approximate surface area is 200 Å². The molecule has 0 atom stereocenters. The second-order valence-corrected chi connectivity index (χ2v) is 9.73. The maximum Gasteiger partial charge on any atom is 0.324 e. The lowest BCUT2D eigenvalue weighted by molar-refractivity contribution is -0.117. The molecule has 2 aromatic rings. The van der Waals surface area contributed by atoms with Gasteiger partial charge in [-0.1, -0.05) is 26.8 Å². The van der Waals surface area contributed by atoms with Crippen molar-refractivity contribution in [3.05, 3.63) is 48.0 Å². The van der Waals surface area contributed by atoms with Crippen LogP contribution in [0.3, 0.4) is 0 Å². The Balaban J connectivity index is 2.14. The Hall–Kier alpha value is -3.90. The van der Waals surface area contributed by atoms with Crippen LogP contribution in [0, 0.1) is 16.7 Å². The molecule has 0 saturated carbocycles. The van der Waals surface area contributed by atoms with Gasteiger partial charge in [0.2, 0.25) is 5.91 Å². The summed E-state index contributed by atoms with van der Waals surface area (Å²) in [5.41, 5.74) is 1.45. The molecule has 0 fully saturated rings. The van der Waals surface area contributed by atoms with Crippen molar-refractivity contribution in [3.63, 3.8) is 0 Å². The van der Waals surface area contributed by atoms with Gasteiger partial charge in [-0.3, -0.25) is 10.1 Å². The summed E-state index contributed by atoms with van der Waals surface area (Å²) in [6.45, 7) is 9.58. The van der Waals surface area contributed by atoms with Gasteiger partial charge >= 0.3 is 6.03 Å². The highest BCUT2D eigenvalue weighted by Gasteiger charge is 2.17. The third kappa shape index (κ3) is 9.71. The summed E-state index contributed by atoms with van der Waals surface area (Å²) in [5.74, 6) is -0.114. The number of carbonyl (C=O) groups is 2. The van der Waals surface area contributed by atoms with Crippen molar-refractivity contribution in [2.24, 2.45) is 10.4 Å². The monoisotopic (exact) mass is 464 g/mol. The molecule has 9 heteroatoms. The number of benzene rings is 2. The highest BCUT2D eigenvalue weighted by molar-refractivity contribution is 5.97. The topological polar surface area (TPSA) is 139 Å². The van der Waals surface area contributed by atoms with Crippen molar-refractivity contribution in [2.75, 3.05) is 22.5 Å². The second kappa shape index (κ2) is 11.3. The van der Waals surface area contributed by atoms with E-state index < -0.39 is 11.6 Å². The molecule has 5 N–H and O–H groups in total. The van der Waals surface area contributed by atoms with Crippen LogP contribution in [0.15, 0.2) is 47.5 Å². The Morgan fingerprint density at radius 2 is 1.76 bits per heavy atom. The third-order valence-corrected chi connectivity index (χ3v) is 4.33. The summed E-state index contributed by atoms with van der Waals surface area (Å²) in [7, 11) is 0. The molecular weight excluding hydrogens is 432 g/mol. The van der Waals surface area contributed by atoms with E-state index in [4.69, 9.17) is 5.26 Å². The molecule has 9 nitrogen and oxygen atoms in total. The molecule has 3 amide bonds. The Bertz CT molecular complexity index is 1090. The predicted molar refractivity (Wildman–Crippen MR) is 135 cm³/mol. The van der Waals surface area contributed by atoms with Gasteiger partial charge in [0.1, 0.15) is 0 Å². The number of nitrogens with one attached hydrogen (secondary N) is 4. The van der Waals surface area contributed by atoms with Gasteiger partial charge < -0.3 is 21.1 Å². The summed E-state index contributed by atoms with van der Waals surface area (Å²) in [4.78, 5) is 28.8. The molecule has 0 heterocycles. The Morgan fingerprint density at radius 1 is 1.06 bits per heavy atom. The van der Waals surface area contributed by atoms with E-state index in [0.717, 1.165) is 0 Å². The van der Waals surface area contributed by atoms with Crippen LogP contribution in [0.25, 0.3) is 0 Å². The molecule has 0 spiro atoms. The minimum Gasteiger partial charge on any atom is -0.389 e. The minimum absolute atomic E-state index is 0.114. The lowest BCUT2D eigenvalue weighted by Crippen LogP contribution is -2.29. The summed E-state index contributed by atoms with van der Waals surface area (Å²) < 4.78 is 0. The zero-order chi connectivity index (χ0) is 25.4. The first-order chi connectivity index (χ1) is 15.8. The van der Waals surface area contributed by atoms with Gasteiger partial charge in [-0.2, -0.15) is 5.26 Å². The fourth-order valence-electron chi connectivity index (χ4n) is 2.86. The van der Waals surface area contributed by atoms with E-state index in [1.807, 2.05) is 26.8 Å². The van der Waals surface area contributed by atoms with E-state index in [2.05, 4.69) is 26.3 Å². The molecule has 0 aliphatic heterocycles. The van der Waals surface area contributed by atoms with Gasteiger partial charge in [0.15, 0.2) is 0 Å². The van der Waals surface area contributed by atoms with Gasteiger partial charge in [0.25, 0.3) is 0 Å². The highest BCUT2D eigenvalue weighted by Crippen LogP contribution is 2.29. The number of urea groups is 1. The smallest absolute Gasteiger partial charge is 0.324 e. The van der Waals surface area contributed by atoms with Gasteiger partial charge in [-0.05, 0) is 55.7 Å². The van der Waals surface area contributed by atoms with Crippen molar-refractivity contribution < 1.29 is 14.7 Å². The fraction of sp³-hybridized carbons (Fsp3) is 0.360. The number of carbonyl (C=O) groups excluding carboxylic acids is 2. The molecule has 0 radical (unpaired) electrons. The number of hydrogen-bond acceptors (Lipinski definition) is 6. The maximum absolute atomic E-state index is 12.3. The summed E-state index contributed by atoms with van der Waals surface area (Å²) >= 11 is 0. The molecular formula is C25H32N6O3. The van der Waals surface area contributed by atoms with Crippen molar-refractivity contribution in [3.8, 4) is 6.07 Å². The van der Waals surface area contributed by atoms with Gasteiger partial charge in [-0.15, -0.1) is 0 Å². The van der Waals surface area contributed by atoms with Crippen LogP contribution in [-0.4, -0.2) is 35.5 Å². The first-order valence-electron chi connectivity index (χ1n) is 10.8. The van der Waals surface area contributed by atoms with E-state index in [1.54, 1.807) is 56.3 Å². The van der Waals surface area contributed by atoms with E-state index in [1.165, 1.54) is 6.34 Å². The number of hydrogen-bond donors (Lipinski definition) is 5. The van der Waals surface area contributed by atoms with E-state index >= 15 is 0 Å². The lowest BCUT2D eigenvalue weighted by Gasteiger charge is -2.20. The van der Waals surface area contributed by atoms with E-state index in [9.17, 15) is 14.7 Å². The standard InChI is InChI=1S/C25H32N6O3/c1-24(2,3)13-22(32)30-19-9-10-20(27-15-25(4,5)34)21(12-19)28-16-29-23(33)31-18-8-6-7-17(11-18)14-26/h6-12,16,27,34H,13,15H2,1-5H3,(H,30,32)(H2,28,29,31,33). The van der Waals surface area contributed by atoms with Crippen LogP contribution in [0.5, 0.6) is 0 Å². The Kier molecular flexibility index (Phi) is 8.76. The molecule has 2 rings (SSSR count). The number of nitrogens with zero attached hydrogens (tertiary/aromatic N) is 2. The van der Waals surface area contributed by atoms with Gasteiger partial charge in [-0.25, -0.2) is 9.79 Å². The Morgan fingerprint density at radius 3 is 2.41 bits per heavy atom. The molecule has 0 unspecified atom stereocenters. The molecule has 34 heavy (non-hydrogen) atoms. The van der Waals surface area contributed by atoms with Crippen LogP contribution in [0.1, 0.15) is 46.6 Å². The lowest BCUT2D eigenvalue weighted by atomic mass is 9.92. The summed E-state index contributed by atoms with van der Waals surface area (Å²) in [6.07, 6.45) is 1.59. The quantitative estimate of drug-likeness (QED) is 0.287. The molecule has 180 valence electrons. The van der Waals surface area contributed by atoms with Crippen molar-refractivity contribution in [1.82, 2.24) is 5.32 Å². The number of aliphatic hydroxyl groups is 1. The van der Waals surface area contributed by atoms with E-state index in [-0.39, 0.29) is 17.9 Å². The van der Waals surface area contributed by atoms with Crippen LogP contribution < -0.4 is 21.3 Å². The zero-order valence-electron chi connectivity index (χ0n) is 20.2. The molecule has 0 bridgehead atoms. The number of anilines is 3. The van der Waals surface area contributed by atoms with Gasteiger partial charge in [0.05, 0.1) is 34.9 Å². The number of nitriles is 1. The largest absolute Gasteiger partial charge is 0.389 e. The van der Waals surface area contributed by atoms with Crippen LogP contribution in [0.2, 0.25) is 0 Å². The molecule has 2 aromatic carbocycles. The number of amides is 3. The highest BCUT2D eigenvalue weighted by atomic mass is 16.3. The molecule has 0 aromatic heterocycles. The molecule has 0 saturated heterocycles. The predicted octanol–water partition coefficient (Wildman–Crippen LogP) is 4.60. The summed E-state index contributed by atoms with van der Waals surface area (Å²) in [6, 6.07) is 13.2. The minimum atomic E-state index is -0.948. The van der Waals surface area contributed by atoms with Crippen molar-refractivity contribution >= 4 is 41.0 Å². The zero-order valence-corrected chi connectivity index (χ0v) is 20.2. The SMILES string of the molecule is CC(C)(C)CC(=O)Nc1ccc(NCC(C)(C)O)c(N=CNC(=O)Nc2cccc(C#N)c2)c1.